The van der Waals surface area contributed by atoms with Crippen molar-refractivity contribution in [1.29, 1.82) is 0 Å². The van der Waals surface area contributed by atoms with Gasteiger partial charge in [0, 0.05) is 12.1 Å². The number of aromatic nitrogens is 2. The molecule has 1 aromatic rings. The van der Waals surface area contributed by atoms with Crippen LogP contribution >= 0.6 is 0 Å². The molecule has 0 aromatic carbocycles. The third-order valence-electron chi connectivity index (χ3n) is 2.57. The summed E-state index contributed by atoms with van der Waals surface area (Å²) >= 11 is 0. The van der Waals surface area contributed by atoms with E-state index in [2.05, 4.69) is 20.7 Å². The SMILES string of the molecule is Cc1nc(NN)cc(NC2CCS(=O)(=O)C2)n1. The number of nitrogen functional groups attached to an aromatic ring is 1. The third kappa shape index (κ3) is 3.04. The van der Waals surface area contributed by atoms with E-state index in [1.54, 1.807) is 13.0 Å². The summed E-state index contributed by atoms with van der Waals surface area (Å²) in [4.78, 5) is 8.23. The molecular formula is C9H15N5O2S. The predicted octanol–water partition coefficient (Wildman–Crippen LogP) is -0.330. The van der Waals surface area contributed by atoms with E-state index in [1.165, 1.54) is 0 Å². The Hall–Kier alpha value is -1.41. The maximum Gasteiger partial charge on any atom is 0.152 e. The number of sulfone groups is 1. The summed E-state index contributed by atoms with van der Waals surface area (Å²) in [6.45, 7) is 1.75. The summed E-state index contributed by atoms with van der Waals surface area (Å²) in [6.07, 6.45) is 0.608. The minimum absolute atomic E-state index is 0.0834. The number of rotatable bonds is 3. The maximum atomic E-state index is 11.3. The number of nitrogens with two attached hydrogens (primary N) is 1. The Morgan fingerprint density at radius 3 is 2.71 bits per heavy atom. The third-order valence-corrected chi connectivity index (χ3v) is 4.34. The lowest BCUT2D eigenvalue weighted by molar-refractivity contribution is 0.602. The van der Waals surface area contributed by atoms with Crippen molar-refractivity contribution in [2.75, 3.05) is 22.2 Å². The van der Waals surface area contributed by atoms with Gasteiger partial charge < -0.3 is 10.7 Å². The van der Waals surface area contributed by atoms with Crippen molar-refractivity contribution in [3.05, 3.63) is 11.9 Å². The Labute approximate surface area is 99.7 Å². The van der Waals surface area contributed by atoms with Crippen LogP contribution in [0.2, 0.25) is 0 Å². The first kappa shape index (κ1) is 12.1. The van der Waals surface area contributed by atoms with Crippen molar-refractivity contribution in [2.45, 2.75) is 19.4 Å². The second kappa shape index (κ2) is 4.46. The first-order chi connectivity index (χ1) is 7.98. The lowest BCUT2D eigenvalue weighted by atomic mass is 10.2. The highest BCUT2D eigenvalue weighted by atomic mass is 32.2. The van der Waals surface area contributed by atoms with Crippen molar-refractivity contribution in [3.63, 3.8) is 0 Å². The molecule has 1 saturated heterocycles. The predicted molar refractivity (Wildman–Crippen MR) is 65.3 cm³/mol. The van der Waals surface area contributed by atoms with Crippen LogP contribution in [0.4, 0.5) is 11.6 Å². The van der Waals surface area contributed by atoms with Gasteiger partial charge >= 0.3 is 0 Å². The fourth-order valence-corrected chi connectivity index (χ4v) is 3.51. The molecule has 0 aliphatic carbocycles. The topological polar surface area (TPSA) is 110 Å². The Bertz CT molecular complexity index is 516. The summed E-state index contributed by atoms with van der Waals surface area (Å²) in [5.41, 5.74) is 2.44. The maximum absolute atomic E-state index is 11.3. The second-order valence-electron chi connectivity index (χ2n) is 4.07. The van der Waals surface area contributed by atoms with Crippen molar-refractivity contribution < 1.29 is 8.42 Å². The van der Waals surface area contributed by atoms with E-state index in [9.17, 15) is 8.42 Å². The van der Waals surface area contributed by atoms with Crippen LogP contribution < -0.4 is 16.6 Å². The molecule has 1 aromatic heterocycles. The van der Waals surface area contributed by atoms with Crippen molar-refractivity contribution in [3.8, 4) is 0 Å². The van der Waals surface area contributed by atoms with Crippen molar-refractivity contribution >= 4 is 21.5 Å². The van der Waals surface area contributed by atoms with E-state index in [4.69, 9.17) is 5.84 Å². The van der Waals surface area contributed by atoms with Crippen molar-refractivity contribution in [1.82, 2.24) is 9.97 Å². The molecule has 1 fully saturated rings. The molecular weight excluding hydrogens is 242 g/mol. The minimum Gasteiger partial charge on any atom is -0.366 e. The monoisotopic (exact) mass is 257 g/mol. The first-order valence-corrected chi connectivity index (χ1v) is 7.10. The highest BCUT2D eigenvalue weighted by Crippen LogP contribution is 2.17. The van der Waals surface area contributed by atoms with Gasteiger partial charge in [-0.25, -0.2) is 24.2 Å². The van der Waals surface area contributed by atoms with Gasteiger partial charge in [0.25, 0.3) is 0 Å². The molecule has 0 radical (unpaired) electrons. The Morgan fingerprint density at radius 2 is 2.12 bits per heavy atom. The first-order valence-electron chi connectivity index (χ1n) is 5.28. The summed E-state index contributed by atoms with van der Waals surface area (Å²) in [5, 5.41) is 3.09. The van der Waals surface area contributed by atoms with Crippen LogP contribution in [0.1, 0.15) is 12.2 Å². The number of anilines is 2. The highest BCUT2D eigenvalue weighted by molar-refractivity contribution is 7.91. The minimum atomic E-state index is -2.89. The zero-order chi connectivity index (χ0) is 12.5. The molecule has 4 N–H and O–H groups in total. The van der Waals surface area contributed by atoms with Crippen LogP contribution in [0.15, 0.2) is 6.07 Å². The molecule has 1 atom stereocenters. The molecule has 2 heterocycles. The van der Waals surface area contributed by atoms with Crippen LogP contribution in [0.25, 0.3) is 0 Å². The molecule has 0 spiro atoms. The summed E-state index contributed by atoms with van der Waals surface area (Å²) in [5.74, 6) is 7.33. The number of hydrogen-bond acceptors (Lipinski definition) is 7. The van der Waals surface area contributed by atoms with Gasteiger partial charge in [0.1, 0.15) is 17.5 Å². The van der Waals surface area contributed by atoms with Gasteiger partial charge in [0.05, 0.1) is 11.5 Å². The molecule has 2 rings (SSSR count). The lowest BCUT2D eigenvalue weighted by Crippen LogP contribution is -2.22. The smallest absolute Gasteiger partial charge is 0.152 e. The van der Waals surface area contributed by atoms with Crippen LogP contribution in [-0.4, -0.2) is 35.9 Å². The molecule has 8 heteroatoms. The zero-order valence-electron chi connectivity index (χ0n) is 9.47. The molecule has 0 amide bonds. The molecule has 0 bridgehead atoms. The molecule has 1 aliphatic rings. The largest absolute Gasteiger partial charge is 0.366 e. The average Bonchev–Trinajstić information content (AvgIpc) is 2.57. The average molecular weight is 257 g/mol. The van der Waals surface area contributed by atoms with E-state index in [0.717, 1.165) is 0 Å². The molecule has 1 unspecified atom stereocenters. The van der Waals surface area contributed by atoms with E-state index in [0.29, 0.717) is 23.9 Å². The molecule has 7 nitrogen and oxygen atoms in total. The summed E-state index contributed by atoms with van der Waals surface area (Å²) in [7, 11) is -2.89. The highest BCUT2D eigenvalue weighted by Gasteiger charge is 2.27. The fourth-order valence-electron chi connectivity index (χ4n) is 1.83. The normalized spacial score (nSPS) is 22.4. The van der Waals surface area contributed by atoms with Crippen molar-refractivity contribution in [2.24, 2.45) is 5.84 Å². The summed E-state index contributed by atoms with van der Waals surface area (Å²) < 4.78 is 22.6. The molecule has 0 saturated carbocycles. The zero-order valence-corrected chi connectivity index (χ0v) is 10.3. The van der Waals surface area contributed by atoms with E-state index >= 15 is 0 Å². The lowest BCUT2D eigenvalue weighted by Gasteiger charge is -2.12. The van der Waals surface area contributed by atoms with Crippen LogP contribution in [-0.2, 0) is 9.84 Å². The molecule has 17 heavy (non-hydrogen) atoms. The van der Waals surface area contributed by atoms with Crippen LogP contribution in [0.5, 0.6) is 0 Å². The van der Waals surface area contributed by atoms with Crippen LogP contribution in [0, 0.1) is 6.92 Å². The Kier molecular flexibility index (Phi) is 3.16. The van der Waals surface area contributed by atoms with E-state index < -0.39 is 9.84 Å². The van der Waals surface area contributed by atoms with Gasteiger partial charge in [-0.2, -0.15) is 0 Å². The molecule has 94 valence electrons. The number of nitrogens with one attached hydrogen (secondary N) is 2. The summed E-state index contributed by atoms with van der Waals surface area (Å²) in [6, 6.07) is 1.57. The van der Waals surface area contributed by atoms with Gasteiger partial charge in [-0.05, 0) is 13.3 Å². The standard InChI is InChI=1S/C9H15N5O2S/c1-6-11-8(4-9(12-6)14-10)13-7-2-3-17(15,16)5-7/h4,7H,2-3,5,10H2,1H3,(H2,11,12,13,14). The van der Waals surface area contributed by atoms with Gasteiger partial charge in [0.15, 0.2) is 9.84 Å². The van der Waals surface area contributed by atoms with Gasteiger partial charge in [-0.15, -0.1) is 0 Å². The van der Waals surface area contributed by atoms with Gasteiger partial charge in [-0.3, -0.25) is 0 Å². The fraction of sp³-hybridized carbons (Fsp3) is 0.556. The number of hydrogen-bond donors (Lipinski definition) is 3. The van der Waals surface area contributed by atoms with Crippen LogP contribution in [0.3, 0.4) is 0 Å². The van der Waals surface area contributed by atoms with E-state index in [-0.39, 0.29) is 17.5 Å². The quantitative estimate of drug-likeness (QED) is 0.502. The Morgan fingerprint density at radius 1 is 1.41 bits per heavy atom. The van der Waals surface area contributed by atoms with E-state index in [1.807, 2.05) is 0 Å². The molecule has 1 aliphatic heterocycles. The van der Waals surface area contributed by atoms with Gasteiger partial charge in [0.2, 0.25) is 0 Å². The second-order valence-corrected chi connectivity index (χ2v) is 6.30. The Balaban J connectivity index is 2.11. The number of nitrogens with zero attached hydrogens (tertiary/aromatic N) is 2. The van der Waals surface area contributed by atoms with Gasteiger partial charge in [-0.1, -0.05) is 0 Å². The number of aryl methyl sites for hydroxylation is 1. The number of hydrazine groups is 1.